The minimum Gasteiger partial charge on any atom is -0.508 e. The van der Waals surface area contributed by atoms with E-state index in [0.717, 1.165) is 17.5 Å². The Balaban J connectivity index is 2.57. The number of phenols is 2. The first-order valence-corrected chi connectivity index (χ1v) is 6.16. The van der Waals surface area contributed by atoms with Crippen molar-refractivity contribution in [3.63, 3.8) is 0 Å². The highest BCUT2D eigenvalue weighted by Crippen LogP contribution is 2.40. The lowest BCUT2D eigenvalue weighted by Crippen LogP contribution is -2.22. The third-order valence-electron chi connectivity index (χ3n) is 3.69. The summed E-state index contributed by atoms with van der Waals surface area (Å²) in [5.74, 6) is 0.228. The molecule has 0 aliphatic rings. The molecule has 94 valence electrons. The fourth-order valence-electron chi connectivity index (χ4n) is 2.34. The van der Waals surface area contributed by atoms with Crippen molar-refractivity contribution < 1.29 is 10.2 Å². The van der Waals surface area contributed by atoms with E-state index in [1.54, 1.807) is 12.1 Å². The second-order valence-electron chi connectivity index (χ2n) is 4.75. The molecule has 2 heteroatoms. The number of hydrogen-bond acceptors (Lipinski definition) is 2. The van der Waals surface area contributed by atoms with Crippen molar-refractivity contribution in [1.29, 1.82) is 0 Å². The van der Waals surface area contributed by atoms with E-state index in [4.69, 9.17) is 0 Å². The van der Waals surface area contributed by atoms with Gasteiger partial charge in [0.15, 0.2) is 0 Å². The van der Waals surface area contributed by atoms with Gasteiger partial charge in [-0.1, -0.05) is 50.2 Å². The highest BCUT2D eigenvalue weighted by Gasteiger charge is 2.29. The topological polar surface area (TPSA) is 40.5 Å². The van der Waals surface area contributed by atoms with Gasteiger partial charge in [0, 0.05) is 17.0 Å². The van der Waals surface area contributed by atoms with Gasteiger partial charge in [0.05, 0.1) is 0 Å². The molecule has 0 heterocycles. The zero-order chi connectivity index (χ0) is 13.2. The molecule has 2 aromatic rings. The number of aromatic hydroxyl groups is 2. The van der Waals surface area contributed by atoms with E-state index in [9.17, 15) is 10.2 Å². The van der Waals surface area contributed by atoms with Crippen LogP contribution < -0.4 is 0 Å². The van der Waals surface area contributed by atoms with Crippen LogP contribution in [-0.4, -0.2) is 10.2 Å². The van der Waals surface area contributed by atoms with Crippen molar-refractivity contribution in [2.75, 3.05) is 0 Å². The maximum absolute atomic E-state index is 10.1. The van der Waals surface area contributed by atoms with Gasteiger partial charge in [0.2, 0.25) is 0 Å². The molecule has 1 unspecified atom stereocenters. The van der Waals surface area contributed by atoms with E-state index >= 15 is 0 Å². The van der Waals surface area contributed by atoms with Gasteiger partial charge in [-0.05, 0) is 18.1 Å². The van der Waals surface area contributed by atoms with Gasteiger partial charge in [0.1, 0.15) is 11.5 Å². The molecule has 2 N–H and O–H groups in total. The molecule has 0 fully saturated rings. The standard InChI is InChI=1S/C16H18O2/c1-3-16(2,12-7-5-4-6-8-12)14-10-9-13(17)11-15(14)18/h4-11,17-18H,3H2,1-2H3. The lowest BCUT2D eigenvalue weighted by atomic mass is 9.74. The molecular weight excluding hydrogens is 224 g/mol. The molecule has 2 nitrogen and oxygen atoms in total. The molecule has 18 heavy (non-hydrogen) atoms. The predicted molar refractivity (Wildman–Crippen MR) is 73.0 cm³/mol. The average Bonchev–Trinajstić information content (AvgIpc) is 2.39. The summed E-state index contributed by atoms with van der Waals surface area (Å²) in [4.78, 5) is 0. The highest BCUT2D eigenvalue weighted by atomic mass is 16.3. The van der Waals surface area contributed by atoms with Crippen molar-refractivity contribution in [3.8, 4) is 11.5 Å². The summed E-state index contributed by atoms with van der Waals surface area (Å²) in [6, 6.07) is 14.9. The SMILES string of the molecule is CCC(C)(c1ccccc1)c1ccc(O)cc1O. The molecular formula is C16H18O2. The Morgan fingerprint density at radius 1 is 1.00 bits per heavy atom. The maximum atomic E-state index is 10.1. The maximum Gasteiger partial charge on any atom is 0.123 e. The Bertz CT molecular complexity index is 534. The van der Waals surface area contributed by atoms with E-state index in [-0.39, 0.29) is 16.9 Å². The van der Waals surface area contributed by atoms with Gasteiger partial charge in [-0.15, -0.1) is 0 Å². The van der Waals surface area contributed by atoms with Gasteiger partial charge in [0.25, 0.3) is 0 Å². The molecule has 0 spiro atoms. The summed E-state index contributed by atoms with van der Waals surface area (Å²) < 4.78 is 0. The molecule has 2 rings (SSSR count). The average molecular weight is 242 g/mol. The summed E-state index contributed by atoms with van der Waals surface area (Å²) in [5, 5.41) is 19.4. The van der Waals surface area contributed by atoms with Crippen LogP contribution in [0.25, 0.3) is 0 Å². The Labute approximate surface area is 108 Å². The predicted octanol–water partition coefficient (Wildman–Crippen LogP) is 3.81. The zero-order valence-electron chi connectivity index (χ0n) is 10.7. The van der Waals surface area contributed by atoms with Gasteiger partial charge in [-0.2, -0.15) is 0 Å². The van der Waals surface area contributed by atoms with Crippen LogP contribution in [0.1, 0.15) is 31.4 Å². The smallest absolute Gasteiger partial charge is 0.123 e. The Morgan fingerprint density at radius 3 is 2.22 bits per heavy atom. The fraction of sp³-hybridized carbons (Fsp3) is 0.250. The summed E-state index contributed by atoms with van der Waals surface area (Å²) in [5.41, 5.74) is 1.75. The van der Waals surface area contributed by atoms with Crippen molar-refractivity contribution in [2.24, 2.45) is 0 Å². The minimum absolute atomic E-state index is 0.0859. The van der Waals surface area contributed by atoms with E-state index in [1.165, 1.54) is 6.07 Å². The number of benzene rings is 2. The quantitative estimate of drug-likeness (QED) is 0.859. The summed E-state index contributed by atoms with van der Waals surface area (Å²) >= 11 is 0. The van der Waals surface area contributed by atoms with E-state index < -0.39 is 0 Å². The van der Waals surface area contributed by atoms with Crippen LogP contribution in [0, 0.1) is 0 Å². The van der Waals surface area contributed by atoms with E-state index in [0.29, 0.717) is 0 Å². The number of rotatable bonds is 3. The molecule has 0 aliphatic heterocycles. The minimum atomic E-state index is -0.251. The normalized spacial score (nSPS) is 14.1. The van der Waals surface area contributed by atoms with E-state index in [1.807, 2.05) is 18.2 Å². The van der Waals surface area contributed by atoms with Crippen LogP contribution in [0.3, 0.4) is 0 Å². The van der Waals surface area contributed by atoms with Crippen LogP contribution in [-0.2, 0) is 5.41 Å². The molecule has 0 aromatic heterocycles. The zero-order valence-corrected chi connectivity index (χ0v) is 10.7. The summed E-state index contributed by atoms with van der Waals surface area (Å²) in [6.07, 6.45) is 0.870. The van der Waals surface area contributed by atoms with Crippen molar-refractivity contribution in [3.05, 3.63) is 59.7 Å². The molecule has 0 aliphatic carbocycles. The summed E-state index contributed by atoms with van der Waals surface area (Å²) in [6.45, 7) is 4.20. The molecule has 0 amide bonds. The molecule has 0 radical (unpaired) electrons. The largest absolute Gasteiger partial charge is 0.508 e. The van der Waals surface area contributed by atoms with Gasteiger partial charge in [-0.25, -0.2) is 0 Å². The first-order valence-electron chi connectivity index (χ1n) is 6.16. The number of hydrogen-bond donors (Lipinski definition) is 2. The Morgan fingerprint density at radius 2 is 1.67 bits per heavy atom. The second kappa shape index (κ2) is 4.73. The van der Waals surface area contributed by atoms with Gasteiger partial charge < -0.3 is 10.2 Å². The molecule has 0 saturated heterocycles. The van der Waals surface area contributed by atoms with Crippen molar-refractivity contribution in [2.45, 2.75) is 25.7 Å². The van der Waals surface area contributed by atoms with Crippen LogP contribution in [0.4, 0.5) is 0 Å². The third kappa shape index (κ3) is 2.06. The first-order chi connectivity index (χ1) is 8.58. The Kier molecular flexibility index (Phi) is 3.28. The van der Waals surface area contributed by atoms with E-state index in [2.05, 4.69) is 26.0 Å². The van der Waals surface area contributed by atoms with Gasteiger partial charge in [-0.3, -0.25) is 0 Å². The Hall–Kier alpha value is -1.96. The molecule has 1 atom stereocenters. The van der Waals surface area contributed by atoms with Crippen LogP contribution in [0.15, 0.2) is 48.5 Å². The summed E-state index contributed by atoms with van der Waals surface area (Å²) in [7, 11) is 0. The van der Waals surface area contributed by atoms with Crippen LogP contribution in [0.2, 0.25) is 0 Å². The highest BCUT2D eigenvalue weighted by molar-refractivity contribution is 5.48. The van der Waals surface area contributed by atoms with Crippen LogP contribution in [0.5, 0.6) is 11.5 Å². The first kappa shape index (κ1) is 12.5. The third-order valence-corrected chi connectivity index (χ3v) is 3.69. The fourth-order valence-corrected chi connectivity index (χ4v) is 2.34. The molecule has 0 bridgehead atoms. The molecule has 0 saturated carbocycles. The van der Waals surface area contributed by atoms with Gasteiger partial charge >= 0.3 is 0 Å². The monoisotopic (exact) mass is 242 g/mol. The van der Waals surface area contributed by atoms with Crippen molar-refractivity contribution >= 4 is 0 Å². The lowest BCUT2D eigenvalue weighted by Gasteiger charge is -2.30. The van der Waals surface area contributed by atoms with Crippen molar-refractivity contribution in [1.82, 2.24) is 0 Å². The lowest BCUT2D eigenvalue weighted by molar-refractivity contribution is 0.428. The second-order valence-corrected chi connectivity index (χ2v) is 4.75. The molecule has 2 aromatic carbocycles. The number of phenolic OH excluding ortho intramolecular Hbond substituents is 2. The van der Waals surface area contributed by atoms with Crippen LogP contribution >= 0.6 is 0 Å².